The Morgan fingerprint density at radius 1 is 0.968 bits per heavy atom. The molecule has 7 nitrogen and oxygen atoms in total. The lowest BCUT2D eigenvalue weighted by molar-refractivity contribution is -0.122. The molecule has 2 aliphatic heterocycles. The van der Waals surface area contributed by atoms with E-state index in [9.17, 15) is 19.2 Å². The molecule has 0 aromatic heterocycles. The fourth-order valence-corrected chi connectivity index (χ4v) is 4.14. The van der Waals surface area contributed by atoms with E-state index in [1.165, 1.54) is 0 Å². The van der Waals surface area contributed by atoms with Gasteiger partial charge >= 0.3 is 0 Å². The smallest absolute Gasteiger partial charge is 0.261 e. The van der Waals surface area contributed by atoms with Crippen LogP contribution in [0.25, 0.3) is 0 Å². The molecule has 0 unspecified atom stereocenters. The number of fused-ring (bicyclic) bond motifs is 1. The van der Waals surface area contributed by atoms with E-state index in [1.54, 1.807) is 24.3 Å². The van der Waals surface area contributed by atoms with Crippen molar-refractivity contribution in [3.8, 4) is 0 Å². The molecule has 1 N–H and O–H groups in total. The summed E-state index contributed by atoms with van der Waals surface area (Å²) >= 11 is 0. The number of hydrogen-bond donors (Lipinski definition) is 1. The van der Waals surface area contributed by atoms with Crippen molar-refractivity contribution in [3.05, 3.63) is 70.8 Å². The molecule has 4 amide bonds. The summed E-state index contributed by atoms with van der Waals surface area (Å²) in [6.45, 7) is 3.18. The number of nitrogens with one attached hydrogen (secondary N) is 1. The van der Waals surface area contributed by atoms with E-state index in [2.05, 4.69) is 5.32 Å². The monoisotopic (exact) mass is 419 g/mol. The predicted molar refractivity (Wildman–Crippen MR) is 115 cm³/mol. The highest BCUT2D eigenvalue weighted by atomic mass is 16.2. The molecule has 31 heavy (non-hydrogen) atoms. The van der Waals surface area contributed by atoms with Gasteiger partial charge < -0.3 is 10.2 Å². The standard InChI is InChI=1S/C24H25N3O4/c1-16-5-4-6-17(15-16)22(29)26-12-9-18(10-13-26)25-21(28)11-14-27-23(30)19-7-2-3-8-20(19)24(27)31/h2-8,15,18H,9-14H2,1H3,(H,25,28). The fraction of sp³-hybridized carbons (Fsp3) is 0.333. The van der Waals surface area contributed by atoms with Crippen LogP contribution in [-0.2, 0) is 4.79 Å². The van der Waals surface area contributed by atoms with E-state index in [4.69, 9.17) is 0 Å². The lowest BCUT2D eigenvalue weighted by Crippen LogP contribution is -2.47. The molecule has 0 atom stereocenters. The van der Waals surface area contributed by atoms with Crippen molar-refractivity contribution < 1.29 is 19.2 Å². The summed E-state index contributed by atoms with van der Waals surface area (Å²) < 4.78 is 0. The summed E-state index contributed by atoms with van der Waals surface area (Å²) in [6, 6.07) is 14.2. The van der Waals surface area contributed by atoms with Crippen LogP contribution in [0.3, 0.4) is 0 Å². The Balaban J connectivity index is 1.24. The number of hydrogen-bond acceptors (Lipinski definition) is 4. The van der Waals surface area contributed by atoms with Crippen molar-refractivity contribution >= 4 is 23.6 Å². The zero-order chi connectivity index (χ0) is 22.0. The number of benzene rings is 2. The first-order chi connectivity index (χ1) is 14.9. The number of likely N-dealkylation sites (tertiary alicyclic amines) is 1. The molecule has 0 aliphatic carbocycles. The fourth-order valence-electron chi connectivity index (χ4n) is 4.14. The molecule has 2 aromatic rings. The first-order valence-corrected chi connectivity index (χ1v) is 10.5. The Morgan fingerprint density at radius 3 is 2.23 bits per heavy atom. The number of nitrogens with zero attached hydrogens (tertiary/aromatic N) is 2. The molecule has 7 heteroatoms. The zero-order valence-electron chi connectivity index (χ0n) is 17.5. The summed E-state index contributed by atoms with van der Waals surface area (Å²) in [7, 11) is 0. The van der Waals surface area contributed by atoms with Crippen molar-refractivity contribution in [2.24, 2.45) is 0 Å². The van der Waals surface area contributed by atoms with Crippen molar-refractivity contribution in [3.63, 3.8) is 0 Å². The van der Waals surface area contributed by atoms with Crippen LogP contribution in [0.4, 0.5) is 0 Å². The second-order valence-corrected chi connectivity index (χ2v) is 8.06. The van der Waals surface area contributed by atoms with Gasteiger partial charge in [0.2, 0.25) is 5.91 Å². The minimum atomic E-state index is -0.351. The quantitative estimate of drug-likeness (QED) is 0.754. The molecule has 1 saturated heterocycles. The number of piperidine rings is 1. The highest BCUT2D eigenvalue weighted by Gasteiger charge is 2.35. The average Bonchev–Trinajstić information content (AvgIpc) is 3.02. The van der Waals surface area contributed by atoms with Crippen LogP contribution in [-0.4, -0.2) is 59.1 Å². The maximum absolute atomic E-state index is 12.7. The number of imide groups is 1. The van der Waals surface area contributed by atoms with Gasteiger partial charge in [0.15, 0.2) is 0 Å². The Morgan fingerprint density at radius 2 is 1.61 bits per heavy atom. The number of rotatable bonds is 5. The molecule has 2 aliphatic rings. The van der Waals surface area contributed by atoms with E-state index in [-0.39, 0.29) is 42.6 Å². The topological polar surface area (TPSA) is 86.8 Å². The van der Waals surface area contributed by atoms with Crippen LogP contribution in [0.15, 0.2) is 48.5 Å². The number of carbonyl (C=O) groups is 4. The van der Waals surface area contributed by atoms with Crippen LogP contribution in [0, 0.1) is 6.92 Å². The van der Waals surface area contributed by atoms with E-state index in [1.807, 2.05) is 36.1 Å². The van der Waals surface area contributed by atoms with E-state index in [0.717, 1.165) is 10.5 Å². The summed E-state index contributed by atoms with van der Waals surface area (Å²) in [4.78, 5) is 52.8. The summed E-state index contributed by atoms with van der Waals surface area (Å²) in [6.07, 6.45) is 1.42. The first kappa shape index (κ1) is 20.8. The summed E-state index contributed by atoms with van der Waals surface area (Å²) in [5, 5.41) is 2.98. The highest BCUT2D eigenvalue weighted by Crippen LogP contribution is 2.22. The van der Waals surface area contributed by atoms with Gasteiger partial charge in [-0.05, 0) is 44.0 Å². The molecule has 0 radical (unpaired) electrons. The third kappa shape index (κ3) is 4.35. The van der Waals surface area contributed by atoms with Gasteiger partial charge in [-0.1, -0.05) is 29.8 Å². The van der Waals surface area contributed by atoms with Crippen molar-refractivity contribution in [2.75, 3.05) is 19.6 Å². The zero-order valence-corrected chi connectivity index (χ0v) is 17.5. The van der Waals surface area contributed by atoms with Crippen LogP contribution in [0.1, 0.15) is 55.9 Å². The normalized spacial score (nSPS) is 16.4. The molecule has 160 valence electrons. The van der Waals surface area contributed by atoms with Gasteiger partial charge in [0, 0.05) is 37.7 Å². The molecule has 1 fully saturated rings. The van der Waals surface area contributed by atoms with Gasteiger partial charge in [-0.25, -0.2) is 0 Å². The maximum Gasteiger partial charge on any atom is 0.261 e. The van der Waals surface area contributed by atoms with Crippen molar-refractivity contribution in [2.45, 2.75) is 32.2 Å². The Hall–Kier alpha value is -3.48. The number of aryl methyl sites for hydroxylation is 1. The third-order valence-corrected chi connectivity index (χ3v) is 5.85. The van der Waals surface area contributed by atoms with Gasteiger partial charge in [-0.2, -0.15) is 0 Å². The van der Waals surface area contributed by atoms with Gasteiger partial charge in [-0.15, -0.1) is 0 Å². The molecule has 0 bridgehead atoms. The molecule has 2 aromatic carbocycles. The lowest BCUT2D eigenvalue weighted by Gasteiger charge is -2.32. The molecular weight excluding hydrogens is 394 g/mol. The van der Waals surface area contributed by atoms with E-state index < -0.39 is 0 Å². The van der Waals surface area contributed by atoms with Gasteiger partial charge in [0.1, 0.15) is 0 Å². The second kappa shape index (κ2) is 8.71. The molecule has 2 heterocycles. The van der Waals surface area contributed by atoms with Crippen molar-refractivity contribution in [1.29, 1.82) is 0 Å². The lowest BCUT2D eigenvalue weighted by atomic mass is 10.0. The molecule has 0 saturated carbocycles. The number of amides is 4. The van der Waals surface area contributed by atoms with Gasteiger partial charge in [0.25, 0.3) is 17.7 Å². The Labute approximate surface area is 181 Å². The van der Waals surface area contributed by atoms with Gasteiger partial charge in [0.05, 0.1) is 11.1 Å². The van der Waals surface area contributed by atoms with Crippen LogP contribution >= 0.6 is 0 Å². The van der Waals surface area contributed by atoms with Crippen LogP contribution < -0.4 is 5.32 Å². The third-order valence-electron chi connectivity index (χ3n) is 5.85. The largest absolute Gasteiger partial charge is 0.353 e. The van der Waals surface area contributed by atoms with Gasteiger partial charge in [-0.3, -0.25) is 24.1 Å². The van der Waals surface area contributed by atoms with Crippen LogP contribution in [0.2, 0.25) is 0 Å². The SMILES string of the molecule is Cc1cccc(C(=O)N2CCC(NC(=O)CCN3C(=O)c4ccccc4C3=O)CC2)c1. The Bertz CT molecular complexity index is 1010. The molecular formula is C24H25N3O4. The van der Waals surface area contributed by atoms with E-state index >= 15 is 0 Å². The highest BCUT2D eigenvalue weighted by molar-refractivity contribution is 6.21. The maximum atomic E-state index is 12.7. The average molecular weight is 419 g/mol. The van der Waals surface area contributed by atoms with E-state index in [0.29, 0.717) is 42.6 Å². The molecule has 0 spiro atoms. The molecule has 4 rings (SSSR count). The van der Waals surface area contributed by atoms with Crippen molar-refractivity contribution in [1.82, 2.24) is 15.1 Å². The predicted octanol–water partition coefficient (Wildman–Crippen LogP) is 2.40. The summed E-state index contributed by atoms with van der Waals surface area (Å²) in [5.74, 6) is -0.883. The number of carbonyl (C=O) groups excluding carboxylic acids is 4. The van der Waals surface area contributed by atoms with Crippen LogP contribution in [0.5, 0.6) is 0 Å². The minimum absolute atomic E-state index is 0.0131. The minimum Gasteiger partial charge on any atom is -0.353 e. The second-order valence-electron chi connectivity index (χ2n) is 8.06. The summed E-state index contributed by atoms with van der Waals surface area (Å²) in [5.41, 5.74) is 2.51. The Kier molecular flexibility index (Phi) is 5.84. The first-order valence-electron chi connectivity index (χ1n) is 10.5.